The summed E-state index contributed by atoms with van der Waals surface area (Å²) in [7, 11) is 0. The Morgan fingerprint density at radius 2 is 2.31 bits per heavy atom. The van der Waals surface area contributed by atoms with Crippen LogP contribution < -0.4 is 0 Å². The molecule has 0 bridgehead atoms. The summed E-state index contributed by atoms with van der Waals surface area (Å²) in [6.45, 7) is 3.89. The minimum Gasteiger partial charge on any atom is -0.477 e. The zero-order valence-corrected chi connectivity index (χ0v) is 8.97. The molecule has 0 atom stereocenters. The normalized spacial score (nSPS) is 10.6. The summed E-state index contributed by atoms with van der Waals surface area (Å²) in [4.78, 5) is 14.9. The molecule has 2 aromatic heterocycles. The lowest BCUT2D eigenvalue weighted by molar-refractivity contribution is 0.0685. The van der Waals surface area contributed by atoms with Gasteiger partial charge < -0.3 is 14.2 Å². The Bertz CT molecular complexity index is 527. The van der Waals surface area contributed by atoms with Crippen molar-refractivity contribution < 1.29 is 14.4 Å². The molecule has 0 radical (unpaired) electrons. The molecule has 0 amide bonds. The predicted octanol–water partition coefficient (Wildman–Crippen LogP) is 1.23. The molecular formula is C10H11N3O3. The minimum absolute atomic E-state index is 0.151. The molecule has 16 heavy (non-hydrogen) atoms. The van der Waals surface area contributed by atoms with Crippen LogP contribution in [0.25, 0.3) is 0 Å². The van der Waals surface area contributed by atoms with Crippen molar-refractivity contribution in [2.24, 2.45) is 0 Å². The Morgan fingerprint density at radius 3 is 2.88 bits per heavy atom. The van der Waals surface area contributed by atoms with Gasteiger partial charge in [0.2, 0.25) is 0 Å². The number of aromatic carboxylic acids is 1. The van der Waals surface area contributed by atoms with Gasteiger partial charge in [-0.05, 0) is 13.8 Å². The predicted molar refractivity (Wildman–Crippen MR) is 54.3 cm³/mol. The highest BCUT2D eigenvalue weighted by atomic mass is 16.5. The molecule has 2 aromatic rings. The third-order valence-corrected chi connectivity index (χ3v) is 2.27. The summed E-state index contributed by atoms with van der Waals surface area (Å²) in [6, 6.07) is 1.77. The number of carboxylic acid groups (broad SMARTS) is 1. The third kappa shape index (κ3) is 1.81. The Kier molecular flexibility index (Phi) is 2.47. The Balaban J connectivity index is 2.33. The van der Waals surface area contributed by atoms with Gasteiger partial charge in [0.15, 0.2) is 0 Å². The quantitative estimate of drug-likeness (QED) is 0.843. The fourth-order valence-electron chi connectivity index (χ4n) is 1.49. The van der Waals surface area contributed by atoms with Gasteiger partial charge in [-0.3, -0.25) is 0 Å². The summed E-state index contributed by atoms with van der Waals surface area (Å²) < 4.78 is 6.51. The Labute approximate surface area is 91.5 Å². The first-order valence-electron chi connectivity index (χ1n) is 4.75. The molecule has 1 N–H and O–H groups in total. The fourth-order valence-corrected chi connectivity index (χ4v) is 1.49. The van der Waals surface area contributed by atoms with Gasteiger partial charge in [0, 0.05) is 6.07 Å². The van der Waals surface area contributed by atoms with E-state index in [1.54, 1.807) is 24.5 Å². The number of hydrogen-bond acceptors (Lipinski definition) is 4. The number of carboxylic acids is 1. The molecule has 0 saturated heterocycles. The van der Waals surface area contributed by atoms with E-state index >= 15 is 0 Å². The maximum Gasteiger partial charge on any atom is 0.354 e. The van der Waals surface area contributed by atoms with Gasteiger partial charge in [0.1, 0.15) is 23.0 Å². The van der Waals surface area contributed by atoms with Gasteiger partial charge in [-0.2, -0.15) is 0 Å². The molecule has 0 aromatic carbocycles. The SMILES string of the molecule is Cc1cc(Cn2c(C(=O)O)cnc2C)no1. The summed E-state index contributed by atoms with van der Waals surface area (Å²) in [5.74, 6) is 0.337. The van der Waals surface area contributed by atoms with Crippen molar-refractivity contribution in [1.29, 1.82) is 0 Å². The standard InChI is InChI=1S/C10H11N3O3/c1-6-3-8(12-16-6)5-13-7(2)11-4-9(13)10(14)15/h3-4H,5H2,1-2H3,(H,14,15). The zero-order valence-electron chi connectivity index (χ0n) is 8.97. The van der Waals surface area contributed by atoms with Crippen LogP contribution >= 0.6 is 0 Å². The lowest BCUT2D eigenvalue weighted by atomic mass is 10.3. The van der Waals surface area contributed by atoms with Crippen LogP contribution in [0, 0.1) is 13.8 Å². The van der Waals surface area contributed by atoms with E-state index in [1.165, 1.54) is 6.20 Å². The molecular weight excluding hydrogens is 210 g/mol. The molecule has 6 nitrogen and oxygen atoms in total. The van der Waals surface area contributed by atoms with Gasteiger partial charge in [0.25, 0.3) is 0 Å². The molecule has 0 aliphatic heterocycles. The van der Waals surface area contributed by atoms with E-state index in [0.29, 0.717) is 23.8 Å². The van der Waals surface area contributed by atoms with Gasteiger partial charge >= 0.3 is 5.97 Å². The largest absolute Gasteiger partial charge is 0.477 e. The lowest BCUT2D eigenvalue weighted by Crippen LogP contribution is -2.11. The van der Waals surface area contributed by atoms with E-state index in [1.807, 2.05) is 0 Å². The van der Waals surface area contributed by atoms with Crippen LogP contribution in [0.1, 0.15) is 27.8 Å². The number of imidazole rings is 1. The molecule has 0 saturated carbocycles. The van der Waals surface area contributed by atoms with E-state index in [-0.39, 0.29) is 5.69 Å². The van der Waals surface area contributed by atoms with Crippen molar-refractivity contribution in [3.05, 3.63) is 35.2 Å². The molecule has 0 aliphatic carbocycles. The van der Waals surface area contributed by atoms with Crippen LogP contribution in [0.2, 0.25) is 0 Å². The van der Waals surface area contributed by atoms with Crippen LogP contribution in [-0.2, 0) is 6.54 Å². The second kappa shape index (κ2) is 3.80. The van der Waals surface area contributed by atoms with Crippen molar-refractivity contribution in [3.8, 4) is 0 Å². The van der Waals surface area contributed by atoms with Gasteiger partial charge in [-0.25, -0.2) is 9.78 Å². The fraction of sp³-hybridized carbons (Fsp3) is 0.300. The second-order valence-electron chi connectivity index (χ2n) is 3.51. The topological polar surface area (TPSA) is 81.2 Å². The molecule has 84 valence electrons. The first kappa shape index (κ1) is 10.4. The van der Waals surface area contributed by atoms with Gasteiger partial charge in [0.05, 0.1) is 12.7 Å². The third-order valence-electron chi connectivity index (χ3n) is 2.27. The molecule has 2 rings (SSSR count). The number of hydrogen-bond donors (Lipinski definition) is 1. The number of nitrogens with zero attached hydrogens (tertiary/aromatic N) is 3. The first-order valence-corrected chi connectivity index (χ1v) is 4.75. The van der Waals surface area contributed by atoms with E-state index in [2.05, 4.69) is 10.1 Å². The maximum atomic E-state index is 10.9. The molecule has 2 heterocycles. The highest BCUT2D eigenvalue weighted by Crippen LogP contribution is 2.10. The van der Waals surface area contributed by atoms with E-state index < -0.39 is 5.97 Å². The second-order valence-corrected chi connectivity index (χ2v) is 3.51. The number of aryl methyl sites for hydroxylation is 2. The maximum absolute atomic E-state index is 10.9. The monoisotopic (exact) mass is 221 g/mol. The number of aromatic nitrogens is 3. The molecule has 0 fully saturated rings. The highest BCUT2D eigenvalue weighted by molar-refractivity contribution is 5.85. The average Bonchev–Trinajstić information content (AvgIpc) is 2.76. The lowest BCUT2D eigenvalue weighted by Gasteiger charge is -2.04. The summed E-state index contributed by atoms with van der Waals surface area (Å²) in [6.07, 6.45) is 1.34. The number of rotatable bonds is 3. The van der Waals surface area contributed by atoms with Crippen LogP contribution in [0.3, 0.4) is 0 Å². The van der Waals surface area contributed by atoms with Crippen molar-refractivity contribution in [1.82, 2.24) is 14.7 Å². The van der Waals surface area contributed by atoms with Crippen LogP contribution in [-0.4, -0.2) is 25.8 Å². The average molecular weight is 221 g/mol. The number of carbonyl (C=O) groups is 1. The van der Waals surface area contributed by atoms with Crippen LogP contribution in [0.15, 0.2) is 16.8 Å². The molecule has 0 spiro atoms. The van der Waals surface area contributed by atoms with Crippen molar-refractivity contribution >= 4 is 5.97 Å². The van der Waals surface area contributed by atoms with E-state index in [9.17, 15) is 4.79 Å². The van der Waals surface area contributed by atoms with Gasteiger partial charge in [-0.1, -0.05) is 5.16 Å². The summed E-state index contributed by atoms with van der Waals surface area (Å²) in [5.41, 5.74) is 0.833. The Hall–Kier alpha value is -2.11. The first-order chi connectivity index (χ1) is 7.58. The van der Waals surface area contributed by atoms with Crippen LogP contribution in [0.4, 0.5) is 0 Å². The highest BCUT2D eigenvalue weighted by Gasteiger charge is 2.14. The van der Waals surface area contributed by atoms with Crippen LogP contribution in [0.5, 0.6) is 0 Å². The smallest absolute Gasteiger partial charge is 0.354 e. The van der Waals surface area contributed by atoms with Crippen molar-refractivity contribution in [3.63, 3.8) is 0 Å². The zero-order chi connectivity index (χ0) is 11.7. The Morgan fingerprint density at radius 1 is 1.56 bits per heavy atom. The minimum atomic E-state index is -0.999. The van der Waals surface area contributed by atoms with E-state index in [0.717, 1.165) is 0 Å². The van der Waals surface area contributed by atoms with E-state index in [4.69, 9.17) is 9.63 Å². The van der Waals surface area contributed by atoms with Crippen molar-refractivity contribution in [2.75, 3.05) is 0 Å². The molecule has 6 heteroatoms. The summed E-state index contributed by atoms with van der Waals surface area (Å²) in [5, 5.41) is 12.8. The molecule has 0 unspecified atom stereocenters. The van der Waals surface area contributed by atoms with Crippen molar-refractivity contribution in [2.45, 2.75) is 20.4 Å². The molecule has 0 aliphatic rings. The summed E-state index contributed by atoms with van der Waals surface area (Å²) >= 11 is 0. The van der Waals surface area contributed by atoms with Gasteiger partial charge in [-0.15, -0.1) is 0 Å².